The van der Waals surface area contributed by atoms with Crippen LogP contribution in [0.5, 0.6) is 11.5 Å². The minimum Gasteiger partial charge on any atom is -0.489 e. The Balaban J connectivity index is 1.38. The number of halogens is 1. The van der Waals surface area contributed by atoms with Crippen LogP contribution in [-0.2, 0) is 4.79 Å². The Morgan fingerprint density at radius 1 is 1.07 bits per heavy atom. The first kappa shape index (κ1) is 18.6. The second-order valence-corrected chi connectivity index (χ2v) is 6.98. The summed E-state index contributed by atoms with van der Waals surface area (Å²) in [5, 5.41) is 0.489. The van der Waals surface area contributed by atoms with Crippen LogP contribution in [0.25, 0.3) is 6.08 Å². The molecular weight excluding hydrogens is 380 g/mol. The van der Waals surface area contributed by atoms with Gasteiger partial charge < -0.3 is 19.3 Å². The van der Waals surface area contributed by atoms with Crippen LogP contribution in [0.4, 0.5) is 5.95 Å². The number of rotatable bonds is 3. The number of hydrogen-bond acceptors (Lipinski definition) is 6. The van der Waals surface area contributed by atoms with E-state index in [0.29, 0.717) is 61.9 Å². The largest absolute Gasteiger partial charge is 0.489 e. The van der Waals surface area contributed by atoms with Gasteiger partial charge in [-0.1, -0.05) is 11.6 Å². The predicted octanol–water partition coefficient (Wildman–Crippen LogP) is 2.65. The van der Waals surface area contributed by atoms with Gasteiger partial charge in [-0.3, -0.25) is 4.79 Å². The minimum atomic E-state index is -0.0307. The summed E-state index contributed by atoms with van der Waals surface area (Å²) in [5.41, 5.74) is 0.805. The van der Waals surface area contributed by atoms with Gasteiger partial charge in [0.05, 0.1) is 18.2 Å². The highest BCUT2D eigenvalue weighted by Gasteiger charge is 2.21. The van der Waals surface area contributed by atoms with Crippen molar-refractivity contribution in [2.24, 2.45) is 0 Å². The molecule has 0 saturated carbocycles. The summed E-state index contributed by atoms with van der Waals surface area (Å²) in [7, 11) is 0. The van der Waals surface area contributed by atoms with Gasteiger partial charge in [0.2, 0.25) is 11.9 Å². The van der Waals surface area contributed by atoms with E-state index in [-0.39, 0.29) is 5.91 Å². The van der Waals surface area contributed by atoms with Gasteiger partial charge in [0.25, 0.3) is 0 Å². The van der Waals surface area contributed by atoms with Crippen molar-refractivity contribution >= 4 is 29.5 Å². The molecule has 3 heterocycles. The van der Waals surface area contributed by atoms with Crippen LogP contribution in [0.15, 0.2) is 36.7 Å². The molecule has 0 spiro atoms. The zero-order valence-corrected chi connectivity index (χ0v) is 16.1. The van der Waals surface area contributed by atoms with Crippen LogP contribution in [0.2, 0.25) is 5.02 Å². The Hall–Kier alpha value is -2.80. The van der Waals surface area contributed by atoms with E-state index in [1.165, 1.54) is 0 Å². The van der Waals surface area contributed by atoms with Crippen LogP contribution in [0, 0.1) is 0 Å². The Morgan fingerprint density at radius 2 is 1.82 bits per heavy atom. The van der Waals surface area contributed by atoms with Crippen molar-refractivity contribution in [2.45, 2.75) is 6.42 Å². The highest BCUT2D eigenvalue weighted by atomic mass is 35.5. The Labute approximate surface area is 168 Å². The van der Waals surface area contributed by atoms with Gasteiger partial charge >= 0.3 is 0 Å². The molecule has 8 heteroatoms. The summed E-state index contributed by atoms with van der Waals surface area (Å²) in [6.45, 7) is 3.84. The summed E-state index contributed by atoms with van der Waals surface area (Å²) in [5.74, 6) is 1.86. The fourth-order valence-electron chi connectivity index (χ4n) is 3.20. The average Bonchev–Trinajstić information content (AvgIpc) is 2.99. The normalized spacial score (nSPS) is 16.9. The zero-order chi connectivity index (χ0) is 19.3. The van der Waals surface area contributed by atoms with E-state index < -0.39 is 0 Å². The smallest absolute Gasteiger partial charge is 0.246 e. The number of carbonyl (C=O) groups is 1. The first-order valence-corrected chi connectivity index (χ1v) is 9.66. The third-order valence-electron chi connectivity index (χ3n) is 4.67. The van der Waals surface area contributed by atoms with Crippen molar-refractivity contribution in [3.63, 3.8) is 0 Å². The highest BCUT2D eigenvalue weighted by Crippen LogP contribution is 2.38. The first-order valence-electron chi connectivity index (χ1n) is 9.29. The van der Waals surface area contributed by atoms with Crippen LogP contribution < -0.4 is 14.4 Å². The fourth-order valence-corrected chi connectivity index (χ4v) is 3.47. The average molecular weight is 401 g/mol. The van der Waals surface area contributed by atoms with E-state index >= 15 is 0 Å². The molecule has 4 rings (SSSR count). The van der Waals surface area contributed by atoms with Gasteiger partial charge in [0, 0.05) is 51.1 Å². The molecule has 146 valence electrons. The highest BCUT2D eigenvalue weighted by molar-refractivity contribution is 6.32. The molecule has 0 N–H and O–H groups in total. The number of piperazine rings is 1. The lowest BCUT2D eigenvalue weighted by Gasteiger charge is -2.34. The van der Waals surface area contributed by atoms with E-state index in [0.717, 1.165) is 12.0 Å². The molecular formula is C20H21ClN4O3. The molecule has 1 aromatic carbocycles. The number of ether oxygens (including phenoxy) is 2. The van der Waals surface area contributed by atoms with Crippen molar-refractivity contribution < 1.29 is 14.3 Å². The Kier molecular flexibility index (Phi) is 5.62. The summed E-state index contributed by atoms with van der Waals surface area (Å²) < 4.78 is 11.3. The third-order valence-corrected chi connectivity index (χ3v) is 4.95. The predicted molar refractivity (Wildman–Crippen MR) is 107 cm³/mol. The molecule has 1 saturated heterocycles. The number of carbonyl (C=O) groups excluding carboxylic acids is 1. The van der Waals surface area contributed by atoms with Gasteiger partial charge in [-0.15, -0.1) is 0 Å². The Morgan fingerprint density at radius 3 is 2.61 bits per heavy atom. The van der Waals surface area contributed by atoms with E-state index in [4.69, 9.17) is 21.1 Å². The van der Waals surface area contributed by atoms with Crippen molar-refractivity contribution in [3.8, 4) is 11.5 Å². The number of amides is 1. The first-order chi connectivity index (χ1) is 13.7. The van der Waals surface area contributed by atoms with E-state index in [1.54, 1.807) is 36.7 Å². The van der Waals surface area contributed by atoms with Gasteiger partial charge in [0.15, 0.2) is 11.5 Å². The summed E-state index contributed by atoms with van der Waals surface area (Å²) in [6.07, 6.45) is 7.60. The lowest BCUT2D eigenvalue weighted by Crippen LogP contribution is -2.48. The molecule has 28 heavy (non-hydrogen) atoms. The molecule has 2 aliphatic heterocycles. The van der Waals surface area contributed by atoms with Crippen LogP contribution >= 0.6 is 11.6 Å². The lowest BCUT2D eigenvalue weighted by molar-refractivity contribution is -0.126. The summed E-state index contributed by atoms with van der Waals surface area (Å²) in [4.78, 5) is 25.0. The van der Waals surface area contributed by atoms with Gasteiger partial charge in [0.1, 0.15) is 0 Å². The SMILES string of the molecule is O=C(C=Cc1cc(Cl)c2c(c1)OCCCO2)N1CCN(c2ncccn2)CC1. The Bertz CT molecular complexity index is 867. The van der Waals surface area contributed by atoms with E-state index in [2.05, 4.69) is 14.9 Å². The molecule has 0 radical (unpaired) electrons. The zero-order valence-electron chi connectivity index (χ0n) is 15.4. The molecule has 1 fully saturated rings. The monoisotopic (exact) mass is 400 g/mol. The molecule has 7 nitrogen and oxygen atoms in total. The standard InChI is InChI=1S/C20H21ClN4O3/c21-16-13-15(14-17-19(16)28-12-2-11-27-17)3-4-18(26)24-7-9-25(10-8-24)20-22-5-1-6-23-20/h1,3-6,13-14H,2,7-12H2. The molecule has 2 aliphatic rings. The second kappa shape index (κ2) is 8.48. The number of hydrogen-bond donors (Lipinski definition) is 0. The molecule has 1 aromatic heterocycles. The lowest BCUT2D eigenvalue weighted by atomic mass is 10.1. The molecule has 0 aliphatic carbocycles. The second-order valence-electron chi connectivity index (χ2n) is 6.57. The summed E-state index contributed by atoms with van der Waals surface area (Å²) in [6, 6.07) is 5.42. The number of benzene rings is 1. The third kappa shape index (κ3) is 4.20. The number of nitrogens with zero attached hydrogens (tertiary/aromatic N) is 4. The van der Waals surface area contributed by atoms with Crippen molar-refractivity contribution in [1.29, 1.82) is 0 Å². The minimum absolute atomic E-state index is 0.0307. The van der Waals surface area contributed by atoms with Crippen molar-refractivity contribution in [2.75, 3.05) is 44.3 Å². The topological polar surface area (TPSA) is 67.8 Å². The molecule has 0 unspecified atom stereocenters. The van der Waals surface area contributed by atoms with Crippen LogP contribution in [-0.4, -0.2) is 60.2 Å². The quantitative estimate of drug-likeness (QED) is 0.738. The van der Waals surface area contributed by atoms with Gasteiger partial charge in [-0.2, -0.15) is 0 Å². The maximum atomic E-state index is 12.5. The van der Waals surface area contributed by atoms with Crippen LogP contribution in [0.1, 0.15) is 12.0 Å². The molecule has 0 atom stereocenters. The van der Waals surface area contributed by atoms with E-state index in [9.17, 15) is 4.79 Å². The fraction of sp³-hybridized carbons (Fsp3) is 0.350. The van der Waals surface area contributed by atoms with Crippen molar-refractivity contribution in [1.82, 2.24) is 14.9 Å². The van der Waals surface area contributed by atoms with Crippen molar-refractivity contribution in [3.05, 3.63) is 47.3 Å². The molecule has 0 bridgehead atoms. The molecule has 2 aromatic rings. The summed E-state index contributed by atoms with van der Waals surface area (Å²) >= 11 is 6.31. The maximum Gasteiger partial charge on any atom is 0.246 e. The maximum absolute atomic E-state index is 12.5. The number of aromatic nitrogens is 2. The van der Waals surface area contributed by atoms with Crippen LogP contribution in [0.3, 0.4) is 0 Å². The van der Waals surface area contributed by atoms with Gasteiger partial charge in [-0.05, 0) is 29.8 Å². The number of anilines is 1. The van der Waals surface area contributed by atoms with E-state index in [1.807, 2.05) is 11.0 Å². The molecule has 1 amide bonds. The number of fused-ring (bicyclic) bond motifs is 1. The van der Waals surface area contributed by atoms with Gasteiger partial charge in [-0.25, -0.2) is 9.97 Å².